The van der Waals surface area contributed by atoms with E-state index < -0.39 is 0 Å². The fraction of sp³-hybridized carbons (Fsp3) is 0.250. The van der Waals surface area contributed by atoms with Crippen LogP contribution in [0.25, 0.3) is 0 Å². The van der Waals surface area contributed by atoms with Crippen molar-refractivity contribution in [2.75, 3.05) is 6.54 Å². The minimum absolute atomic E-state index is 0.0610. The number of rotatable bonds is 6. The number of ketones is 1. The minimum atomic E-state index is 0.0610. The van der Waals surface area contributed by atoms with Gasteiger partial charge in [0, 0.05) is 18.0 Å². The van der Waals surface area contributed by atoms with E-state index in [9.17, 15) is 4.79 Å². The molecule has 0 atom stereocenters. The SMILES string of the molecule is C=C(Cl)CC(=O)CNCc1ccccc1. The van der Waals surface area contributed by atoms with E-state index >= 15 is 0 Å². The second-order valence-corrected chi connectivity index (χ2v) is 3.86. The van der Waals surface area contributed by atoms with Crippen LogP contribution in [-0.2, 0) is 11.3 Å². The van der Waals surface area contributed by atoms with Gasteiger partial charge in [0.05, 0.1) is 6.54 Å². The number of allylic oxidation sites excluding steroid dienone is 1. The lowest BCUT2D eigenvalue weighted by Gasteiger charge is -2.03. The van der Waals surface area contributed by atoms with Gasteiger partial charge in [-0.3, -0.25) is 4.79 Å². The highest BCUT2D eigenvalue weighted by Crippen LogP contribution is 2.03. The van der Waals surface area contributed by atoms with Gasteiger partial charge in [0.25, 0.3) is 0 Å². The van der Waals surface area contributed by atoms with Crippen LogP contribution in [0.1, 0.15) is 12.0 Å². The molecule has 0 aliphatic rings. The Morgan fingerprint density at radius 2 is 2.00 bits per heavy atom. The molecule has 0 saturated heterocycles. The van der Waals surface area contributed by atoms with Crippen LogP contribution < -0.4 is 5.32 Å². The van der Waals surface area contributed by atoms with E-state index in [2.05, 4.69) is 11.9 Å². The number of nitrogens with one attached hydrogen (secondary N) is 1. The van der Waals surface area contributed by atoms with Crippen molar-refractivity contribution in [2.45, 2.75) is 13.0 Å². The Labute approximate surface area is 94.9 Å². The molecule has 0 radical (unpaired) electrons. The summed E-state index contributed by atoms with van der Waals surface area (Å²) in [5, 5.41) is 3.45. The van der Waals surface area contributed by atoms with Crippen LogP contribution in [0.4, 0.5) is 0 Å². The van der Waals surface area contributed by atoms with E-state index in [1.807, 2.05) is 30.3 Å². The van der Waals surface area contributed by atoms with Crippen LogP contribution in [0.5, 0.6) is 0 Å². The number of benzene rings is 1. The molecule has 0 amide bonds. The summed E-state index contributed by atoms with van der Waals surface area (Å²) in [6, 6.07) is 9.93. The zero-order valence-electron chi connectivity index (χ0n) is 8.50. The number of halogens is 1. The van der Waals surface area contributed by atoms with Gasteiger partial charge in [-0.05, 0) is 5.56 Å². The predicted octanol–water partition coefficient (Wildman–Crippen LogP) is 2.49. The molecule has 15 heavy (non-hydrogen) atoms. The normalized spacial score (nSPS) is 9.93. The second kappa shape index (κ2) is 6.38. The quantitative estimate of drug-likeness (QED) is 0.803. The van der Waals surface area contributed by atoms with E-state index in [-0.39, 0.29) is 12.2 Å². The summed E-state index contributed by atoms with van der Waals surface area (Å²) in [5.41, 5.74) is 1.16. The molecule has 1 rings (SSSR count). The maximum Gasteiger partial charge on any atom is 0.151 e. The van der Waals surface area contributed by atoms with Gasteiger partial charge in [0.1, 0.15) is 0 Å². The number of Topliss-reactive ketones (excluding diaryl/α,β-unsaturated/α-hetero) is 1. The molecule has 0 spiro atoms. The smallest absolute Gasteiger partial charge is 0.151 e. The molecule has 0 aromatic heterocycles. The monoisotopic (exact) mass is 223 g/mol. The summed E-state index contributed by atoms with van der Waals surface area (Å²) in [6.45, 7) is 4.51. The highest BCUT2D eigenvalue weighted by Gasteiger charge is 2.02. The molecule has 0 saturated carbocycles. The zero-order valence-corrected chi connectivity index (χ0v) is 9.26. The average molecular weight is 224 g/mol. The molecule has 0 bridgehead atoms. The Morgan fingerprint density at radius 3 is 2.60 bits per heavy atom. The van der Waals surface area contributed by atoms with Crippen molar-refractivity contribution in [1.82, 2.24) is 5.32 Å². The Morgan fingerprint density at radius 1 is 1.33 bits per heavy atom. The number of hydrogen-bond donors (Lipinski definition) is 1. The average Bonchev–Trinajstić information content (AvgIpc) is 2.18. The first-order valence-electron chi connectivity index (χ1n) is 4.78. The van der Waals surface area contributed by atoms with E-state index in [1.165, 1.54) is 0 Å². The molecule has 0 aliphatic carbocycles. The van der Waals surface area contributed by atoms with Crippen LogP contribution in [-0.4, -0.2) is 12.3 Å². The molecular weight excluding hydrogens is 210 g/mol. The molecular formula is C12H14ClNO. The van der Waals surface area contributed by atoms with Gasteiger partial charge in [-0.15, -0.1) is 0 Å². The van der Waals surface area contributed by atoms with E-state index in [0.29, 0.717) is 18.1 Å². The number of carbonyl (C=O) groups excluding carboxylic acids is 1. The van der Waals surface area contributed by atoms with Gasteiger partial charge in [-0.25, -0.2) is 0 Å². The lowest BCUT2D eigenvalue weighted by Crippen LogP contribution is -2.22. The molecule has 3 heteroatoms. The molecule has 1 N–H and O–H groups in total. The molecule has 1 aromatic rings. The largest absolute Gasteiger partial charge is 0.306 e. The van der Waals surface area contributed by atoms with Gasteiger partial charge in [-0.1, -0.05) is 48.5 Å². The van der Waals surface area contributed by atoms with Crippen molar-refractivity contribution >= 4 is 17.4 Å². The number of carbonyl (C=O) groups is 1. The first-order chi connectivity index (χ1) is 7.18. The van der Waals surface area contributed by atoms with E-state index in [0.717, 1.165) is 5.56 Å². The summed E-state index contributed by atoms with van der Waals surface area (Å²) < 4.78 is 0. The maximum atomic E-state index is 11.2. The zero-order chi connectivity index (χ0) is 11.1. The molecule has 80 valence electrons. The Bertz CT molecular complexity index is 335. The third-order valence-electron chi connectivity index (χ3n) is 1.88. The van der Waals surface area contributed by atoms with Crippen molar-refractivity contribution in [1.29, 1.82) is 0 Å². The van der Waals surface area contributed by atoms with Crippen molar-refractivity contribution in [2.24, 2.45) is 0 Å². The lowest BCUT2D eigenvalue weighted by molar-refractivity contribution is -0.117. The van der Waals surface area contributed by atoms with Crippen molar-refractivity contribution < 1.29 is 4.79 Å². The fourth-order valence-electron chi connectivity index (χ4n) is 1.22. The molecule has 0 heterocycles. The fourth-order valence-corrected chi connectivity index (χ4v) is 1.37. The second-order valence-electron chi connectivity index (χ2n) is 3.32. The highest BCUT2D eigenvalue weighted by atomic mass is 35.5. The van der Waals surface area contributed by atoms with E-state index in [4.69, 9.17) is 11.6 Å². The standard InChI is InChI=1S/C12H14ClNO/c1-10(13)7-12(15)9-14-8-11-5-3-2-4-6-11/h2-6,14H,1,7-9H2. The third-order valence-corrected chi connectivity index (χ3v) is 2.02. The maximum absolute atomic E-state index is 11.2. The molecule has 0 unspecified atom stereocenters. The van der Waals surface area contributed by atoms with Gasteiger partial charge in [0.15, 0.2) is 5.78 Å². The van der Waals surface area contributed by atoms with Crippen molar-refractivity contribution in [3.05, 3.63) is 47.5 Å². The molecule has 2 nitrogen and oxygen atoms in total. The van der Waals surface area contributed by atoms with Gasteiger partial charge in [0.2, 0.25) is 0 Å². The first-order valence-corrected chi connectivity index (χ1v) is 5.16. The van der Waals surface area contributed by atoms with Crippen molar-refractivity contribution in [3.63, 3.8) is 0 Å². The minimum Gasteiger partial charge on any atom is -0.306 e. The summed E-state index contributed by atoms with van der Waals surface area (Å²) in [4.78, 5) is 11.2. The van der Waals surface area contributed by atoms with Gasteiger partial charge in [-0.2, -0.15) is 0 Å². The predicted molar refractivity (Wildman–Crippen MR) is 62.8 cm³/mol. The summed E-state index contributed by atoms with van der Waals surface area (Å²) in [6.07, 6.45) is 0.239. The van der Waals surface area contributed by atoms with Crippen LogP contribution in [0.3, 0.4) is 0 Å². The highest BCUT2D eigenvalue weighted by molar-refractivity contribution is 6.30. The van der Waals surface area contributed by atoms with Crippen LogP contribution in [0, 0.1) is 0 Å². The Kier molecular flexibility index (Phi) is 5.08. The summed E-state index contributed by atoms with van der Waals surface area (Å²) in [5.74, 6) is 0.0610. The summed E-state index contributed by atoms with van der Waals surface area (Å²) >= 11 is 5.53. The van der Waals surface area contributed by atoms with Gasteiger partial charge >= 0.3 is 0 Å². The summed E-state index contributed by atoms with van der Waals surface area (Å²) in [7, 11) is 0. The lowest BCUT2D eigenvalue weighted by atomic mass is 10.2. The van der Waals surface area contributed by atoms with Crippen LogP contribution in [0.2, 0.25) is 0 Å². The number of hydrogen-bond acceptors (Lipinski definition) is 2. The molecule has 0 aliphatic heterocycles. The van der Waals surface area contributed by atoms with Gasteiger partial charge < -0.3 is 5.32 Å². The van der Waals surface area contributed by atoms with E-state index in [1.54, 1.807) is 0 Å². The third kappa shape index (κ3) is 5.35. The van der Waals surface area contributed by atoms with Crippen LogP contribution >= 0.6 is 11.6 Å². The Balaban J connectivity index is 2.22. The molecule has 1 aromatic carbocycles. The molecule has 0 fully saturated rings. The topological polar surface area (TPSA) is 29.1 Å². The Hall–Kier alpha value is -1.12. The first kappa shape index (κ1) is 12.0. The van der Waals surface area contributed by atoms with Crippen molar-refractivity contribution in [3.8, 4) is 0 Å². The van der Waals surface area contributed by atoms with Crippen LogP contribution in [0.15, 0.2) is 41.9 Å².